The van der Waals surface area contributed by atoms with Gasteiger partial charge in [-0.05, 0) is 24.6 Å². The fourth-order valence-electron chi connectivity index (χ4n) is 2.65. The van der Waals surface area contributed by atoms with Crippen LogP contribution in [0.1, 0.15) is 13.3 Å². The maximum absolute atomic E-state index is 12.8. The van der Waals surface area contributed by atoms with Crippen LogP contribution in [0.3, 0.4) is 0 Å². The molecule has 2 rings (SSSR count). The number of ether oxygens (including phenoxy) is 1. The van der Waals surface area contributed by atoms with Crippen molar-refractivity contribution in [1.82, 2.24) is 4.90 Å². The largest absolute Gasteiger partial charge is 0.378 e. The van der Waals surface area contributed by atoms with Gasteiger partial charge in [-0.15, -0.1) is 0 Å². The number of amides is 1. The molecule has 0 bridgehead atoms. The first-order valence-electron chi connectivity index (χ1n) is 7.46. The molecule has 1 aliphatic heterocycles. The Morgan fingerprint density at radius 2 is 2.04 bits per heavy atom. The summed E-state index contributed by atoms with van der Waals surface area (Å²) in [6, 6.07) is 5.74. The number of hydrogen-bond donors (Lipinski definition) is 0. The van der Waals surface area contributed by atoms with Crippen molar-refractivity contribution in [2.24, 2.45) is 0 Å². The minimum absolute atomic E-state index is 0.207. The fraction of sp³-hybridized carbons (Fsp3) is 0.533. The zero-order valence-electron chi connectivity index (χ0n) is 13.2. The van der Waals surface area contributed by atoms with Crippen molar-refractivity contribution in [3.05, 3.63) is 29.3 Å². The number of hydrogen-bond acceptors (Lipinski definition) is 4. The van der Waals surface area contributed by atoms with E-state index in [1.165, 1.54) is 0 Å². The third kappa shape index (κ3) is 4.37. The van der Waals surface area contributed by atoms with Gasteiger partial charge in [-0.3, -0.25) is 9.10 Å². The SMILES string of the molecule is CC[C@H](C(=O)N1CCOCC1)N(c1cccc(Cl)c1)S(C)(=O)=O. The minimum atomic E-state index is -3.63. The summed E-state index contributed by atoms with van der Waals surface area (Å²) < 4.78 is 31.0. The molecule has 23 heavy (non-hydrogen) atoms. The van der Waals surface area contributed by atoms with Crippen LogP contribution < -0.4 is 4.31 Å². The lowest BCUT2D eigenvalue weighted by Gasteiger charge is -2.35. The zero-order chi connectivity index (χ0) is 17.0. The highest BCUT2D eigenvalue weighted by Gasteiger charge is 2.34. The average molecular weight is 361 g/mol. The third-order valence-corrected chi connectivity index (χ3v) is 5.11. The molecular formula is C15H21ClN2O4S. The lowest BCUT2D eigenvalue weighted by molar-refractivity contribution is -0.136. The standard InChI is InChI=1S/C15H21ClN2O4S/c1-3-14(15(19)17-7-9-22-10-8-17)18(23(2,20)21)13-6-4-5-12(16)11-13/h4-6,11,14H,3,7-10H2,1-2H3/t14-/m1/s1. The highest BCUT2D eigenvalue weighted by atomic mass is 35.5. The maximum Gasteiger partial charge on any atom is 0.246 e. The first-order valence-corrected chi connectivity index (χ1v) is 9.68. The van der Waals surface area contributed by atoms with Gasteiger partial charge in [0, 0.05) is 18.1 Å². The van der Waals surface area contributed by atoms with Crippen molar-refractivity contribution in [2.75, 3.05) is 36.9 Å². The van der Waals surface area contributed by atoms with Gasteiger partial charge in [-0.2, -0.15) is 0 Å². The van der Waals surface area contributed by atoms with Crippen molar-refractivity contribution < 1.29 is 17.9 Å². The number of halogens is 1. The number of rotatable bonds is 5. The Labute approximate surface area is 142 Å². The quantitative estimate of drug-likeness (QED) is 0.802. The number of sulfonamides is 1. The molecule has 6 nitrogen and oxygen atoms in total. The molecule has 1 saturated heterocycles. The monoisotopic (exact) mass is 360 g/mol. The smallest absolute Gasteiger partial charge is 0.246 e. The van der Waals surface area contributed by atoms with Gasteiger partial charge >= 0.3 is 0 Å². The van der Waals surface area contributed by atoms with E-state index in [4.69, 9.17) is 16.3 Å². The van der Waals surface area contributed by atoms with Crippen LogP contribution in [0.5, 0.6) is 0 Å². The van der Waals surface area contributed by atoms with Gasteiger partial charge in [-0.1, -0.05) is 24.6 Å². The third-order valence-electron chi connectivity index (χ3n) is 3.70. The van der Waals surface area contributed by atoms with Gasteiger partial charge in [0.2, 0.25) is 15.9 Å². The summed E-state index contributed by atoms with van der Waals surface area (Å²) in [5.74, 6) is -0.207. The van der Waals surface area contributed by atoms with E-state index in [0.29, 0.717) is 43.4 Å². The average Bonchev–Trinajstić information content (AvgIpc) is 2.51. The summed E-state index contributed by atoms with van der Waals surface area (Å²) in [4.78, 5) is 14.5. The Bertz CT molecular complexity index is 659. The van der Waals surface area contributed by atoms with Gasteiger partial charge in [-0.25, -0.2) is 8.42 Å². The van der Waals surface area contributed by atoms with E-state index in [1.54, 1.807) is 36.1 Å². The highest BCUT2D eigenvalue weighted by molar-refractivity contribution is 7.92. The predicted octanol–water partition coefficient (Wildman–Crippen LogP) is 1.74. The van der Waals surface area contributed by atoms with Gasteiger partial charge < -0.3 is 9.64 Å². The fourth-order valence-corrected chi connectivity index (χ4v) is 4.03. The molecule has 1 atom stereocenters. The van der Waals surface area contributed by atoms with Crippen molar-refractivity contribution in [3.63, 3.8) is 0 Å². The Morgan fingerprint density at radius 3 is 2.57 bits per heavy atom. The van der Waals surface area contributed by atoms with E-state index in [0.717, 1.165) is 10.6 Å². The lowest BCUT2D eigenvalue weighted by Crippen LogP contribution is -2.53. The molecular weight excluding hydrogens is 340 g/mol. The lowest BCUT2D eigenvalue weighted by atomic mass is 10.1. The van der Waals surface area contributed by atoms with E-state index in [2.05, 4.69) is 0 Å². The second-order valence-corrected chi connectivity index (χ2v) is 7.70. The molecule has 0 unspecified atom stereocenters. The highest BCUT2D eigenvalue weighted by Crippen LogP contribution is 2.26. The maximum atomic E-state index is 12.8. The molecule has 128 valence electrons. The number of benzene rings is 1. The number of nitrogens with zero attached hydrogens (tertiary/aromatic N) is 2. The Kier molecular flexibility index (Phi) is 5.89. The van der Waals surface area contributed by atoms with Gasteiger partial charge in [0.25, 0.3) is 0 Å². The number of carbonyl (C=O) groups is 1. The van der Waals surface area contributed by atoms with Crippen LogP contribution in [0.25, 0.3) is 0 Å². The van der Waals surface area contributed by atoms with E-state index in [-0.39, 0.29) is 5.91 Å². The van der Waals surface area contributed by atoms with Crippen molar-refractivity contribution in [1.29, 1.82) is 0 Å². The van der Waals surface area contributed by atoms with Crippen LogP contribution in [0.2, 0.25) is 5.02 Å². The minimum Gasteiger partial charge on any atom is -0.378 e. The molecule has 0 aromatic heterocycles. The Hall–Kier alpha value is -1.31. The summed E-state index contributed by atoms with van der Waals surface area (Å²) in [6.07, 6.45) is 1.47. The predicted molar refractivity (Wildman–Crippen MR) is 90.3 cm³/mol. The summed E-state index contributed by atoms with van der Waals surface area (Å²) in [7, 11) is -3.63. The number of carbonyl (C=O) groups excluding carboxylic acids is 1. The Morgan fingerprint density at radius 1 is 1.39 bits per heavy atom. The molecule has 0 saturated carbocycles. The van der Waals surface area contributed by atoms with Crippen LogP contribution in [0.15, 0.2) is 24.3 Å². The van der Waals surface area contributed by atoms with Gasteiger partial charge in [0.15, 0.2) is 0 Å². The molecule has 0 radical (unpaired) electrons. The van der Waals surface area contributed by atoms with E-state index in [1.807, 2.05) is 0 Å². The van der Waals surface area contributed by atoms with E-state index >= 15 is 0 Å². The molecule has 0 aliphatic carbocycles. The summed E-state index contributed by atoms with van der Waals surface area (Å²) >= 11 is 5.98. The zero-order valence-corrected chi connectivity index (χ0v) is 14.8. The molecule has 0 N–H and O–H groups in total. The van der Waals surface area contributed by atoms with Crippen LogP contribution >= 0.6 is 11.6 Å². The number of morpholine rings is 1. The molecule has 0 spiro atoms. The van der Waals surface area contributed by atoms with Gasteiger partial charge in [0.1, 0.15) is 6.04 Å². The first-order chi connectivity index (χ1) is 10.8. The molecule has 1 amide bonds. The van der Waals surface area contributed by atoms with Crippen molar-refractivity contribution >= 4 is 33.2 Å². The van der Waals surface area contributed by atoms with Crippen LogP contribution in [-0.4, -0.2) is 57.8 Å². The molecule has 1 aromatic carbocycles. The number of anilines is 1. The summed E-state index contributed by atoms with van der Waals surface area (Å²) in [5, 5.41) is 0.421. The van der Waals surface area contributed by atoms with Gasteiger partial charge in [0.05, 0.1) is 25.2 Å². The van der Waals surface area contributed by atoms with E-state index in [9.17, 15) is 13.2 Å². The normalized spacial score (nSPS) is 16.9. The van der Waals surface area contributed by atoms with Crippen LogP contribution in [-0.2, 0) is 19.6 Å². The molecule has 1 aromatic rings. The first kappa shape index (κ1) is 18.0. The summed E-state index contributed by atoms with van der Waals surface area (Å²) in [6.45, 7) is 3.69. The molecule has 1 aliphatic rings. The summed E-state index contributed by atoms with van der Waals surface area (Å²) in [5.41, 5.74) is 0.397. The molecule has 1 fully saturated rings. The molecule has 1 heterocycles. The van der Waals surface area contributed by atoms with Crippen LogP contribution in [0, 0.1) is 0 Å². The topological polar surface area (TPSA) is 66.9 Å². The Balaban J connectivity index is 2.38. The molecule has 8 heteroatoms. The van der Waals surface area contributed by atoms with Crippen LogP contribution in [0.4, 0.5) is 5.69 Å². The second kappa shape index (κ2) is 7.51. The van der Waals surface area contributed by atoms with E-state index < -0.39 is 16.1 Å². The van der Waals surface area contributed by atoms with Crippen molar-refractivity contribution in [2.45, 2.75) is 19.4 Å². The van der Waals surface area contributed by atoms with Crippen molar-refractivity contribution in [3.8, 4) is 0 Å². The second-order valence-electron chi connectivity index (χ2n) is 5.40.